The van der Waals surface area contributed by atoms with Crippen LogP contribution in [0.2, 0.25) is 0 Å². The fourth-order valence-electron chi connectivity index (χ4n) is 4.18. The Balaban J connectivity index is 1.69. The minimum Gasteiger partial charge on any atom is -0.489 e. The second kappa shape index (κ2) is 11.9. The Morgan fingerprint density at radius 2 is 1.72 bits per heavy atom. The number of rotatable bonds is 11. The molecule has 7 nitrogen and oxygen atoms in total. The molecule has 4 N–H and O–H groups in total. The number of hydrogen-bond donors (Lipinski definition) is 2. The van der Waals surface area contributed by atoms with Crippen LogP contribution in [-0.2, 0) is 47.0 Å². The maximum absolute atomic E-state index is 12.1. The summed E-state index contributed by atoms with van der Waals surface area (Å²) in [6.45, 7) is 3.63. The maximum Gasteiger partial charge on any atom is 0.310 e. The molecule has 4 rings (SSSR count). The quantitative estimate of drug-likeness (QED) is 0.291. The van der Waals surface area contributed by atoms with Crippen LogP contribution in [-0.4, -0.2) is 19.7 Å². The van der Waals surface area contributed by atoms with E-state index in [0.29, 0.717) is 38.7 Å². The van der Waals surface area contributed by atoms with E-state index in [9.17, 15) is 4.79 Å². The molecule has 0 fully saturated rings. The van der Waals surface area contributed by atoms with Gasteiger partial charge in [0, 0.05) is 36.7 Å². The van der Waals surface area contributed by atoms with Crippen LogP contribution in [0, 0.1) is 0 Å². The normalized spacial score (nSPS) is 11.1. The van der Waals surface area contributed by atoms with Crippen molar-refractivity contribution in [3.8, 4) is 16.9 Å². The van der Waals surface area contributed by atoms with E-state index in [1.54, 1.807) is 14.0 Å². The van der Waals surface area contributed by atoms with E-state index in [-0.39, 0.29) is 12.4 Å². The molecule has 36 heavy (non-hydrogen) atoms. The molecule has 0 saturated heterocycles. The van der Waals surface area contributed by atoms with Gasteiger partial charge in [-0.15, -0.1) is 0 Å². The van der Waals surface area contributed by atoms with Crippen LogP contribution < -0.4 is 16.2 Å². The molecule has 0 bridgehead atoms. The van der Waals surface area contributed by atoms with Gasteiger partial charge in [0.2, 0.25) is 0 Å². The molecule has 0 saturated carbocycles. The Kier molecular flexibility index (Phi) is 8.38. The third-order valence-corrected chi connectivity index (χ3v) is 5.89. The SMILES string of the molecule is CCOC(=O)Cc1ccc(CN)cc1OCc1cc(-c2cccc(CN)c2)c2oc(COC)cc2c1. The Morgan fingerprint density at radius 1 is 0.917 bits per heavy atom. The Labute approximate surface area is 210 Å². The van der Waals surface area contributed by atoms with E-state index < -0.39 is 0 Å². The topological polar surface area (TPSA) is 110 Å². The fraction of sp³-hybridized carbons (Fsp3) is 0.276. The zero-order valence-electron chi connectivity index (χ0n) is 20.7. The number of esters is 1. The van der Waals surface area contributed by atoms with Gasteiger partial charge in [0.1, 0.15) is 30.3 Å². The molecule has 1 heterocycles. The van der Waals surface area contributed by atoms with Crippen LogP contribution in [0.25, 0.3) is 22.1 Å². The van der Waals surface area contributed by atoms with Crippen molar-refractivity contribution in [2.45, 2.75) is 39.6 Å². The van der Waals surface area contributed by atoms with Gasteiger partial charge in [-0.3, -0.25) is 4.79 Å². The van der Waals surface area contributed by atoms with Gasteiger partial charge in [-0.1, -0.05) is 30.3 Å². The van der Waals surface area contributed by atoms with Crippen molar-refractivity contribution in [1.82, 2.24) is 0 Å². The third-order valence-electron chi connectivity index (χ3n) is 5.89. The first-order chi connectivity index (χ1) is 17.5. The predicted octanol–water partition coefficient (Wildman–Crippen LogP) is 4.85. The van der Waals surface area contributed by atoms with Crippen molar-refractivity contribution in [3.63, 3.8) is 0 Å². The van der Waals surface area contributed by atoms with Crippen molar-refractivity contribution in [2.24, 2.45) is 11.5 Å². The van der Waals surface area contributed by atoms with Crippen molar-refractivity contribution in [1.29, 1.82) is 0 Å². The predicted molar refractivity (Wildman–Crippen MR) is 139 cm³/mol. The molecule has 0 aliphatic rings. The van der Waals surface area contributed by atoms with Gasteiger partial charge in [-0.05, 0) is 59.5 Å². The first kappa shape index (κ1) is 25.4. The average Bonchev–Trinajstić information content (AvgIpc) is 3.30. The number of nitrogens with two attached hydrogens (primary N) is 2. The lowest BCUT2D eigenvalue weighted by molar-refractivity contribution is -0.142. The smallest absolute Gasteiger partial charge is 0.310 e. The van der Waals surface area contributed by atoms with Gasteiger partial charge in [-0.2, -0.15) is 0 Å². The van der Waals surface area contributed by atoms with E-state index in [4.69, 9.17) is 30.1 Å². The molecule has 188 valence electrons. The van der Waals surface area contributed by atoms with E-state index in [0.717, 1.165) is 50.1 Å². The number of furan rings is 1. The summed E-state index contributed by atoms with van der Waals surface area (Å²) >= 11 is 0. The number of hydrogen-bond acceptors (Lipinski definition) is 7. The molecule has 4 aromatic rings. The summed E-state index contributed by atoms with van der Waals surface area (Å²) < 4.78 is 22.8. The highest BCUT2D eigenvalue weighted by Gasteiger charge is 2.15. The second-order valence-corrected chi connectivity index (χ2v) is 8.53. The zero-order chi connectivity index (χ0) is 25.5. The number of benzene rings is 3. The summed E-state index contributed by atoms with van der Waals surface area (Å²) in [4.78, 5) is 12.1. The van der Waals surface area contributed by atoms with Crippen LogP contribution >= 0.6 is 0 Å². The number of fused-ring (bicyclic) bond motifs is 1. The molecule has 0 atom stereocenters. The Hall–Kier alpha value is -3.65. The first-order valence-electron chi connectivity index (χ1n) is 12.0. The zero-order valence-corrected chi connectivity index (χ0v) is 20.7. The molecule has 0 spiro atoms. The fourth-order valence-corrected chi connectivity index (χ4v) is 4.18. The van der Waals surface area contributed by atoms with Gasteiger partial charge < -0.3 is 30.1 Å². The summed E-state index contributed by atoms with van der Waals surface area (Å²) in [5.41, 5.74) is 18.2. The molecule has 3 aromatic carbocycles. The lowest BCUT2D eigenvalue weighted by atomic mass is 9.99. The monoisotopic (exact) mass is 488 g/mol. The third kappa shape index (κ3) is 5.94. The first-order valence-corrected chi connectivity index (χ1v) is 12.0. The molecule has 0 aliphatic heterocycles. The Bertz CT molecular complexity index is 1350. The van der Waals surface area contributed by atoms with Crippen LogP contribution in [0.3, 0.4) is 0 Å². The molecule has 0 unspecified atom stereocenters. The van der Waals surface area contributed by atoms with E-state index >= 15 is 0 Å². The number of methoxy groups -OCH3 is 1. The minimum atomic E-state index is -0.296. The van der Waals surface area contributed by atoms with Crippen LogP contribution in [0.4, 0.5) is 0 Å². The van der Waals surface area contributed by atoms with E-state index in [2.05, 4.69) is 12.1 Å². The summed E-state index contributed by atoms with van der Waals surface area (Å²) in [6.07, 6.45) is 0.131. The second-order valence-electron chi connectivity index (χ2n) is 8.53. The molecule has 0 radical (unpaired) electrons. The maximum atomic E-state index is 12.1. The number of carbonyl (C=O) groups excluding carboxylic acids is 1. The highest BCUT2D eigenvalue weighted by atomic mass is 16.5. The van der Waals surface area contributed by atoms with Crippen LogP contribution in [0.1, 0.15) is 34.9 Å². The van der Waals surface area contributed by atoms with Gasteiger partial charge >= 0.3 is 5.97 Å². The standard InChI is InChI=1S/C29H32N2O5/c1-3-34-28(32)14-23-8-7-20(16-31)12-27(23)35-17-21-10-24-13-25(18-33-2)36-29(24)26(11-21)22-6-4-5-19(9-22)15-30/h4-13H,3,14-18,30-31H2,1-2H3. The largest absolute Gasteiger partial charge is 0.489 e. The molecular formula is C29H32N2O5. The highest BCUT2D eigenvalue weighted by Crippen LogP contribution is 2.34. The lowest BCUT2D eigenvalue weighted by Gasteiger charge is -2.14. The number of ether oxygens (including phenoxy) is 3. The van der Waals surface area contributed by atoms with Gasteiger partial charge in [0.15, 0.2) is 0 Å². The van der Waals surface area contributed by atoms with E-state index in [1.165, 1.54) is 0 Å². The molecular weight excluding hydrogens is 456 g/mol. The molecule has 1 aromatic heterocycles. The van der Waals surface area contributed by atoms with Crippen molar-refractivity contribution < 1.29 is 23.4 Å². The summed E-state index contributed by atoms with van der Waals surface area (Å²) in [5, 5.41) is 0.957. The van der Waals surface area contributed by atoms with E-state index in [1.807, 2.05) is 48.5 Å². The molecule has 7 heteroatoms. The van der Waals surface area contributed by atoms with Crippen molar-refractivity contribution in [2.75, 3.05) is 13.7 Å². The van der Waals surface area contributed by atoms with Crippen LogP contribution in [0.15, 0.2) is 65.1 Å². The van der Waals surface area contributed by atoms with Crippen molar-refractivity contribution in [3.05, 3.63) is 88.7 Å². The average molecular weight is 489 g/mol. The minimum absolute atomic E-state index is 0.131. The summed E-state index contributed by atoms with van der Waals surface area (Å²) in [7, 11) is 1.64. The van der Waals surface area contributed by atoms with Gasteiger partial charge in [0.05, 0.1) is 13.0 Å². The summed E-state index contributed by atoms with van der Waals surface area (Å²) in [6, 6.07) is 19.9. The molecule has 0 aliphatic carbocycles. The Morgan fingerprint density at radius 3 is 2.47 bits per heavy atom. The number of carbonyl (C=O) groups is 1. The van der Waals surface area contributed by atoms with Gasteiger partial charge in [-0.25, -0.2) is 0 Å². The highest BCUT2D eigenvalue weighted by molar-refractivity contribution is 5.93. The summed E-state index contributed by atoms with van der Waals surface area (Å²) in [5.74, 6) is 1.06. The molecule has 0 amide bonds. The van der Waals surface area contributed by atoms with Gasteiger partial charge in [0.25, 0.3) is 0 Å². The lowest BCUT2D eigenvalue weighted by Crippen LogP contribution is -2.10. The van der Waals surface area contributed by atoms with Crippen LogP contribution in [0.5, 0.6) is 5.75 Å². The van der Waals surface area contributed by atoms with Crippen molar-refractivity contribution >= 4 is 16.9 Å².